The third-order valence-electron chi connectivity index (χ3n) is 7.41. The van der Waals surface area contributed by atoms with E-state index in [0.717, 1.165) is 5.56 Å². The molecule has 1 unspecified atom stereocenters. The highest BCUT2D eigenvalue weighted by Gasteiger charge is 2.23. The van der Waals surface area contributed by atoms with E-state index in [1.807, 2.05) is 44.2 Å². The molecule has 0 aliphatic heterocycles. The minimum Gasteiger partial charge on any atom is -0.369 e. The summed E-state index contributed by atoms with van der Waals surface area (Å²) in [5.74, 6) is -1.97. The molecule has 0 aliphatic rings. The maximum atomic E-state index is 13.0. The van der Waals surface area contributed by atoms with Gasteiger partial charge in [-0.2, -0.15) is 5.10 Å². The summed E-state index contributed by atoms with van der Waals surface area (Å²) in [7, 11) is 0. The molecule has 3 rings (SSSR count). The fraction of sp³-hybridized carbons (Fsp3) is 0.278. The summed E-state index contributed by atoms with van der Waals surface area (Å²) in [5, 5.41) is 26.4. The van der Waals surface area contributed by atoms with Crippen LogP contribution in [0.25, 0.3) is 0 Å². The van der Waals surface area contributed by atoms with E-state index in [4.69, 9.17) is 22.9 Å². The van der Waals surface area contributed by atoms with Gasteiger partial charge in [-0.05, 0) is 56.0 Å². The molecule has 2 atom stereocenters. The Hall–Kier alpha value is -6.58. The Bertz CT molecular complexity index is 1810. The van der Waals surface area contributed by atoms with E-state index in [2.05, 4.69) is 41.7 Å². The molecule has 0 saturated carbocycles. The van der Waals surface area contributed by atoms with Crippen molar-refractivity contribution in [1.29, 1.82) is 0 Å². The molecule has 16 nitrogen and oxygen atoms in total. The van der Waals surface area contributed by atoms with E-state index in [1.54, 1.807) is 62.4 Å². The van der Waals surface area contributed by atoms with Gasteiger partial charge < -0.3 is 44.2 Å². The van der Waals surface area contributed by atoms with Crippen molar-refractivity contribution in [1.82, 2.24) is 21.3 Å². The number of guanidine groups is 2. The number of nitrogens with two attached hydrogens (primary N) is 4. The van der Waals surface area contributed by atoms with Gasteiger partial charge in [-0.1, -0.05) is 68.4 Å². The summed E-state index contributed by atoms with van der Waals surface area (Å²) >= 11 is 0. The summed E-state index contributed by atoms with van der Waals surface area (Å²) in [6.07, 6.45) is 0.396. The van der Waals surface area contributed by atoms with Crippen LogP contribution in [0.2, 0.25) is 0 Å². The maximum Gasteiger partial charge on any atom is 0.251 e. The van der Waals surface area contributed by atoms with Gasteiger partial charge in [0.1, 0.15) is 17.8 Å². The van der Waals surface area contributed by atoms with Crippen LogP contribution in [0.4, 0.5) is 0 Å². The van der Waals surface area contributed by atoms with Crippen molar-refractivity contribution >= 4 is 47.0 Å². The van der Waals surface area contributed by atoms with Gasteiger partial charge in [-0.3, -0.25) is 19.2 Å². The SMILES string of the molecule is C/C(=N\N=C(N)N)c1ccc(C(=O)NC(CC(C)C)C(=O)NCCNC(=O)[C@H](C)NC(=O)c2ccc(/C(=N/N=C(N)N)c3ccccc3)cc2)cc1. The lowest BCUT2D eigenvalue weighted by molar-refractivity contribution is -0.124. The van der Waals surface area contributed by atoms with Crippen LogP contribution >= 0.6 is 0 Å². The molecule has 12 N–H and O–H groups in total. The Balaban J connectivity index is 1.51. The van der Waals surface area contributed by atoms with Gasteiger partial charge in [-0.25, -0.2) is 0 Å². The fourth-order valence-electron chi connectivity index (χ4n) is 4.76. The average molecular weight is 711 g/mol. The van der Waals surface area contributed by atoms with E-state index >= 15 is 0 Å². The number of carbonyl (C=O) groups is 4. The zero-order valence-electron chi connectivity index (χ0n) is 29.6. The topological polar surface area (TPSA) is 270 Å². The summed E-state index contributed by atoms with van der Waals surface area (Å²) in [4.78, 5) is 51.7. The van der Waals surface area contributed by atoms with Crippen molar-refractivity contribution in [2.24, 2.45) is 49.3 Å². The third-order valence-corrected chi connectivity index (χ3v) is 7.41. The molecule has 0 aliphatic carbocycles. The lowest BCUT2D eigenvalue weighted by Gasteiger charge is -2.20. The highest BCUT2D eigenvalue weighted by Crippen LogP contribution is 2.14. The van der Waals surface area contributed by atoms with Gasteiger partial charge in [0, 0.05) is 35.3 Å². The number of hydrogen-bond acceptors (Lipinski definition) is 8. The molecule has 3 aromatic carbocycles. The van der Waals surface area contributed by atoms with E-state index in [9.17, 15) is 19.2 Å². The Morgan fingerprint density at radius 2 is 1.04 bits per heavy atom. The first-order chi connectivity index (χ1) is 24.7. The van der Waals surface area contributed by atoms with Crippen LogP contribution in [-0.4, -0.2) is 72.1 Å². The molecule has 4 amide bonds. The van der Waals surface area contributed by atoms with Gasteiger partial charge in [0.05, 0.1) is 5.71 Å². The van der Waals surface area contributed by atoms with Gasteiger partial charge in [-0.15, -0.1) is 15.3 Å². The van der Waals surface area contributed by atoms with Gasteiger partial charge in [0.15, 0.2) is 0 Å². The summed E-state index contributed by atoms with van der Waals surface area (Å²) in [6, 6.07) is 20.9. The number of hydrogen-bond donors (Lipinski definition) is 8. The van der Waals surface area contributed by atoms with Gasteiger partial charge in [0.2, 0.25) is 23.7 Å². The second kappa shape index (κ2) is 19.6. The first-order valence-corrected chi connectivity index (χ1v) is 16.5. The van der Waals surface area contributed by atoms with E-state index < -0.39 is 35.7 Å². The summed E-state index contributed by atoms with van der Waals surface area (Å²) in [5.41, 5.74) is 25.4. The fourth-order valence-corrected chi connectivity index (χ4v) is 4.76. The van der Waals surface area contributed by atoms with Crippen molar-refractivity contribution in [2.75, 3.05) is 13.1 Å². The molecule has 3 aromatic rings. The summed E-state index contributed by atoms with van der Waals surface area (Å²) in [6.45, 7) is 7.36. The van der Waals surface area contributed by atoms with Crippen LogP contribution in [0.15, 0.2) is 99.3 Å². The zero-order valence-corrected chi connectivity index (χ0v) is 29.6. The second-order valence-electron chi connectivity index (χ2n) is 12.1. The molecule has 0 saturated heterocycles. The predicted octanol–water partition coefficient (Wildman–Crippen LogP) is 0.905. The van der Waals surface area contributed by atoms with Crippen molar-refractivity contribution in [2.45, 2.75) is 46.2 Å². The normalized spacial score (nSPS) is 12.6. The largest absolute Gasteiger partial charge is 0.369 e. The molecule has 0 heterocycles. The highest BCUT2D eigenvalue weighted by molar-refractivity contribution is 6.13. The molecule has 0 radical (unpaired) electrons. The Morgan fingerprint density at radius 1 is 0.577 bits per heavy atom. The van der Waals surface area contributed by atoms with Crippen LogP contribution in [0.5, 0.6) is 0 Å². The quantitative estimate of drug-likeness (QED) is 0.0457. The average Bonchev–Trinajstić information content (AvgIpc) is 3.12. The first-order valence-electron chi connectivity index (χ1n) is 16.5. The molecule has 52 heavy (non-hydrogen) atoms. The van der Waals surface area contributed by atoms with Crippen molar-refractivity contribution in [3.05, 3.63) is 107 Å². The summed E-state index contributed by atoms with van der Waals surface area (Å²) < 4.78 is 0. The van der Waals surface area contributed by atoms with Crippen LogP contribution < -0.4 is 44.2 Å². The van der Waals surface area contributed by atoms with Gasteiger partial charge >= 0.3 is 0 Å². The Labute approximate surface area is 302 Å². The molecular formula is C36H46N12O4. The smallest absolute Gasteiger partial charge is 0.251 e. The number of nitrogens with zero attached hydrogens (tertiary/aromatic N) is 4. The monoisotopic (exact) mass is 710 g/mol. The second-order valence-corrected chi connectivity index (χ2v) is 12.1. The van der Waals surface area contributed by atoms with Crippen LogP contribution in [0.3, 0.4) is 0 Å². The Morgan fingerprint density at radius 3 is 1.58 bits per heavy atom. The minimum atomic E-state index is -0.868. The van der Waals surface area contributed by atoms with Crippen LogP contribution in [0, 0.1) is 5.92 Å². The molecule has 0 spiro atoms. The molecular weight excluding hydrogens is 664 g/mol. The number of carbonyl (C=O) groups excluding carboxylic acids is 4. The third kappa shape index (κ3) is 12.7. The minimum absolute atomic E-state index is 0.0986. The van der Waals surface area contributed by atoms with E-state index in [-0.39, 0.29) is 30.9 Å². The molecule has 0 aromatic heterocycles. The Kier molecular flexibility index (Phi) is 15.0. The molecule has 0 fully saturated rings. The lowest BCUT2D eigenvalue weighted by Crippen LogP contribution is -2.50. The number of rotatable bonds is 16. The maximum absolute atomic E-state index is 13.0. The van der Waals surface area contributed by atoms with Crippen molar-refractivity contribution in [3.63, 3.8) is 0 Å². The molecule has 0 bridgehead atoms. The molecule has 16 heteroatoms. The number of amides is 4. The van der Waals surface area contributed by atoms with Crippen LogP contribution in [0.1, 0.15) is 71.5 Å². The predicted molar refractivity (Wildman–Crippen MR) is 202 cm³/mol. The molecule has 274 valence electrons. The van der Waals surface area contributed by atoms with Crippen LogP contribution in [-0.2, 0) is 9.59 Å². The van der Waals surface area contributed by atoms with Crippen molar-refractivity contribution < 1.29 is 19.2 Å². The van der Waals surface area contributed by atoms with Crippen molar-refractivity contribution in [3.8, 4) is 0 Å². The van der Waals surface area contributed by atoms with E-state index in [1.165, 1.54) is 0 Å². The number of benzene rings is 3. The number of nitrogens with one attached hydrogen (secondary N) is 4. The highest BCUT2D eigenvalue weighted by atomic mass is 16.2. The first kappa shape index (κ1) is 39.9. The standard InChI is InChI=1S/C36H46N12O4/c1-21(2)20-29(44-33(51)28-14-10-24(11-15-28)22(3)45-47-35(37)38)34(52)42-19-18-41-31(49)23(4)43-32(50)27-16-12-26(13-17-27)30(46-48-36(39)40)25-8-6-5-7-9-25/h5-17,21,23,29H,18-20H2,1-4H3,(H,41,49)(H,42,52)(H,43,50)(H,44,51)(H4,37,38,47)(H4,39,40,48)/b45-22+,46-30+/t23-,29?/m0/s1. The van der Waals surface area contributed by atoms with Gasteiger partial charge in [0.25, 0.3) is 11.8 Å². The van der Waals surface area contributed by atoms with E-state index in [0.29, 0.717) is 40.1 Å². The zero-order chi connectivity index (χ0) is 38.2. The lowest BCUT2D eigenvalue weighted by atomic mass is 10.0.